The number of benzene rings is 1. The molecule has 4 nitrogen and oxygen atoms in total. The van der Waals surface area contributed by atoms with Crippen LogP contribution in [0.4, 0.5) is 0 Å². The first-order chi connectivity index (χ1) is 9.74. The Morgan fingerprint density at radius 2 is 2.15 bits per heavy atom. The summed E-state index contributed by atoms with van der Waals surface area (Å²) >= 11 is 3.64. The lowest BCUT2D eigenvalue weighted by Crippen LogP contribution is -2.41. The Kier molecular flexibility index (Phi) is 4.17. The molecule has 0 amide bonds. The number of hydrogen-bond acceptors (Lipinski definition) is 3. The summed E-state index contributed by atoms with van der Waals surface area (Å²) in [6.45, 7) is 0.972. The van der Waals surface area contributed by atoms with Gasteiger partial charge in [-0.2, -0.15) is 0 Å². The van der Waals surface area contributed by atoms with Crippen molar-refractivity contribution >= 4 is 15.9 Å². The van der Waals surface area contributed by atoms with Gasteiger partial charge in [0.1, 0.15) is 12.2 Å². The van der Waals surface area contributed by atoms with E-state index in [0.29, 0.717) is 12.0 Å². The van der Waals surface area contributed by atoms with Crippen LogP contribution in [-0.4, -0.2) is 27.4 Å². The molecule has 1 aliphatic carbocycles. The molecule has 0 atom stereocenters. The Bertz CT molecular complexity index is 575. The second-order valence-corrected chi connectivity index (χ2v) is 6.30. The third-order valence-corrected chi connectivity index (χ3v) is 4.79. The highest BCUT2D eigenvalue weighted by molar-refractivity contribution is 9.10. The standard InChI is InChI=1S/C15H19BrN4/c1-20-10-18-19-15(20)6-7-17-12-8-11(9-12)13-4-2-3-5-14(13)16/h2-5,10-12,17H,6-9H2,1H3. The average molecular weight is 335 g/mol. The fourth-order valence-electron chi connectivity index (χ4n) is 2.77. The van der Waals surface area contributed by atoms with Crippen LogP contribution in [0.15, 0.2) is 35.1 Å². The first-order valence-electron chi connectivity index (χ1n) is 7.04. The van der Waals surface area contributed by atoms with Crippen molar-refractivity contribution in [3.63, 3.8) is 0 Å². The van der Waals surface area contributed by atoms with Gasteiger partial charge >= 0.3 is 0 Å². The van der Waals surface area contributed by atoms with Crippen LogP contribution >= 0.6 is 15.9 Å². The lowest BCUT2D eigenvalue weighted by molar-refractivity contribution is 0.291. The Morgan fingerprint density at radius 3 is 2.85 bits per heavy atom. The maximum atomic E-state index is 4.10. The third kappa shape index (κ3) is 2.94. The SMILES string of the molecule is Cn1cnnc1CCNC1CC(c2ccccc2Br)C1. The molecule has 0 bridgehead atoms. The normalized spacial score (nSPS) is 21.7. The molecule has 0 spiro atoms. The zero-order valence-corrected chi connectivity index (χ0v) is 13.2. The number of nitrogens with one attached hydrogen (secondary N) is 1. The largest absolute Gasteiger partial charge is 0.321 e. The second-order valence-electron chi connectivity index (χ2n) is 5.45. The van der Waals surface area contributed by atoms with E-state index in [0.717, 1.165) is 18.8 Å². The minimum atomic E-state index is 0.639. The van der Waals surface area contributed by atoms with Crippen molar-refractivity contribution in [2.75, 3.05) is 6.54 Å². The highest BCUT2D eigenvalue weighted by atomic mass is 79.9. The number of halogens is 1. The van der Waals surface area contributed by atoms with Crippen LogP contribution in [0.2, 0.25) is 0 Å². The van der Waals surface area contributed by atoms with Gasteiger partial charge in [-0.3, -0.25) is 0 Å². The highest BCUT2D eigenvalue weighted by Crippen LogP contribution is 2.39. The van der Waals surface area contributed by atoms with E-state index in [1.54, 1.807) is 6.33 Å². The molecule has 1 heterocycles. The zero-order valence-electron chi connectivity index (χ0n) is 11.6. The van der Waals surface area contributed by atoms with Crippen LogP contribution in [-0.2, 0) is 13.5 Å². The Balaban J connectivity index is 1.43. The molecule has 0 saturated heterocycles. The van der Waals surface area contributed by atoms with E-state index in [4.69, 9.17) is 0 Å². The number of hydrogen-bond donors (Lipinski definition) is 1. The Morgan fingerprint density at radius 1 is 1.35 bits per heavy atom. The van der Waals surface area contributed by atoms with Gasteiger partial charge in [-0.05, 0) is 30.4 Å². The van der Waals surface area contributed by atoms with Gasteiger partial charge in [-0.1, -0.05) is 34.1 Å². The van der Waals surface area contributed by atoms with Gasteiger partial charge < -0.3 is 9.88 Å². The van der Waals surface area contributed by atoms with Crippen molar-refractivity contribution in [3.05, 3.63) is 46.5 Å². The second kappa shape index (κ2) is 6.06. The molecule has 20 heavy (non-hydrogen) atoms. The molecule has 106 valence electrons. The molecule has 0 unspecified atom stereocenters. The zero-order chi connectivity index (χ0) is 13.9. The van der Waals surface area contributed by atoms with E-state index in [9.17, 15) is 0 Å². The van der Waals surface area contributed by atoms with E-state index < -0.39 is 0 Å². The quantitative estimate of drug-likeness (QED) is 0.914. The lowest BCUT2D eigenvalue weighted by Gasteiger charge is -2.37. The highest BCUT2D eigenvalue weighted by Gasteiger charge is 2.30. The molecule has 1 fully saturated rings. The molecule has 0 aliphatic heterocycles. The van der Waals surface area contributed by atoms with Crippen molar-refractivity contribution in [2.24, 2.45) is 7.05 Å². The molecule has 3 rings (SSSR count). The number of rotatable bonds is 5. The predicted molar refractivity (Wildman–Crippen MR) is 82.6 cm³/mol. The Hall–Kier alpha value is -1.20. The number of nitrogens with zero attached hydrogens (tertiary/aromatic N) is 3. The molecular weight excluding hydrogens is 316 g/mol. The summed E-state index contributed by atoms with van der Waals surface area (Å²) in [6.07, 6.45) is 5.14. The van der Waals surface area contributed by atoms with Crippen molar-refractivity contribution in [2.45, 2.75) is 31.2 Å². The summed E-state index contributed by atoms with van der Waals surface area (Å²) in [6, 6.07) is 9.19. The Labute approximate surface area is 127 Å². The minimum Gasteiger partial charge on any atom is -0.321 e. The van der Waals surface area contributed by atoms with E-state index in [-0.39, 0.29) is 0 Å². The average Bonchev–Trinajstić information content (AvgIpc) is 2.79. The van der Waals surface area contributed by atoms with Gasteiger partial charge in [0.05, 0.1) is 0 Å². The van der Waals surface area contributed by atoms with Gasteiger partial charge in [0.15, 0.2) is 0 Å². The summed E-state index contributed by atoms with van der Waals surface area (Å²) < 4.78 is 3.22. The maximum absolute atomic E-state index is 4.10. The van der Waals surface area contributed by atoms with Gasteiger partial charge in [-0.15, -0.1) is 10.2 Å². The van der Waals surface area contributed by atoms with Crippen LogP contribution < -0.4 is 5.32 Å². The number of aryl methyl sites for hydroxylation is 1. The van der Waals surface area contributed by atoms with Crippen LogP contribution in [0, 0.1) is 0 Å². The first-order valence-corrected chi connectivity index (χ1v) is 7.84. The summed E-state index contributed by atoms with van der Waals surface area (Å²) in [5.41, 5.74) is 1.44. The van der Waals surface area contributed by atoms with Gasteiger partial charge in [0, 0.05) is 30.5 Å². The van der Waals surface area contributed by atoms with Gasteiger partial charge in [0.25, 0.3) is 0 Å². The first kappa shape index (κ1) is 13.8. The minimum absolute atomic E-state index is 0.639. The summed E-state index contributed by atoms with van der Waals surface area (Å²) in [7, 11) is 1.99. The van der Waals surface area contributed by atoms with Crippen LogP contribution in [0.25, 0.3) is 0 Å². The maximum Gasteiger partial charge on any atom is 0.133 e. The number of aromatic nitrogens is 3. The fraction of sp³-hybridized carbons (Fsp3) is 0.467. The van der Waals surface area contributed by atoms with E-state index in [1.165, 1.54) is 22.9 Å². The van der Waals surface area contributed by atoms with Gasteiger partial charge in [-0.25, -0.2) is 0 Å². The molecule has 1 saturated carbocycles. The third-order valence-electron chi connectivity index (χ3n) is 4.07. The van der Waals surface area contributed by atoms with E-state index in [1.807, 2.05) is 11.6 Å². The monoisotopic (exact) mass is 334 g/mol. The summed E-state index contributed by atoms with van der Waals surface area (Å²) in [5.74, 6) is 1.73. The summed E-state index contributed by atoms with van der Waals surface area (Å²) in [4.78, 5) is 0. The van der Waals surface area contributed by atoms with E-state index >= 15 is 0 Å². The molecule has 1 aromatic heterocycles. The van der Waals surface area contributed by atoms with Crippen molar-refractivity contribution < 1.29 is 0 Å². The molecule has 1 aliphatic rings. The molecular formula is C15H19BrN4. The lowest BCUT2D eigenvalue weighted by atomic mass is 9.76. The topological polar surface area (TPSA) is 42.7 Å². The fourth-order valence-corrected chi connectivity index (χ4v) is 3.37. The van der Waals surface area contributed by atoms with E-state index in [2.05, 4.69) is 55.7 Å². The summed E-state index contributed by atoms with van der Waals surface area (Å²) in [5, 5.41) is 11.6. The predicted octanol–water partition coefficient (Wildman–Crippen LogP) is 2.66. The van der Waals surface area contributed by atoms with Crippen molar-refractivity contribution in [3.8, 4) is 0 Å². The van der Waals surface area contributed by atoms with Crippen LogP contribution in [0.3, 0.4) is 0 Å². The molecule has 2 aromatic rings. The van der Waals surface area contributed by atoms with Crippen LogP contribution in [0.5, 0.6) is 0 Å². The molecule has 1 N–H and O–H groups in total. The molecule has 0 radical (unpaired) electrons. The molecule has 5 heteroatoms. The molecule has 1 aromatic carbocycles. The van der Waals surface area contributed by atoms with Gasteiger partial charge in [0.2, 0.25) is 0 Å². The van der Waals surface area contributed by atoms with Crippen molar-refractivity contribution in [1.82, 2.24) is 20.1 Å². The smallest absolute Gasteiger partial charge is 0.133 e. The van der Waals surface area contributed by atoms with Crippen LogP contribution in [0.1, 0.15) is 30.1 Å². The van der Waals surface area contributed by atoms with Crippen molar-refractivity contribution in [1.29, 1.82) is 0 Å².